The van der Waals surface area contributed by atoms with Crippen LogP contribution in [-0.2, 0) is 0 Å². The summed E-state index contributed by atoms with van der Waals surface area (Å²) in [6.45, 7) is 8.24. The summed E-state index contributed by atoms with van der Waals surface area (Å²) in [6, 6.07) is 2.57. The first-order chi connectivity index (χ1) is 13.0. The average molecular weight is 400 g/mol. The molecule has 0 aromatic rings. The number of hydrogen-bond acceptors (Lipinski definition) is 2. The van der Waals surface area contributed by atoms with E-state index in [0.717, 1.165) is 32.1 Å². The van der Waals surface area contributed by atoms with E-state index in [1.165, 1.54) is 0 Å². The second-order valence-electron chi connectivity index (χ2n) is 10.8. The summed E-state index contributed by atoms with van der Waals surface area (Å²) >= 11 is 0. The summed E-state index contributed by atoms with van der Waals surface area (Å²) in [5, 5.41) is 19.8. The van der Waals surface area contributed by atoms with E-state index in [4.69, 9.17) is 0 Å². The molecule has 0 heterocycles. The van der Waals surface area contributed by atoms with Gasteiger partial charge in [-0.3, -0.25) is 0 Å². The highest BCUT2D eigenvalue weighted by molar-refractivity contribution is 5.11. The number of alkyl halides is 3. The van der Waals surface area contributed by atoms with E-state index in [0.29, 0.717) is 24.2 Å². The van der Waals surface area contributed by atoms with Crippen LogP contribution in [0.25, 0.3) is 0 Å². The first kappa shape index (κ1) is 21.9. The summed E-state index contributed by atoms with van der Waals surface area (Å²) in [5.41, 5.74) is -1.89. The maximum absolute atomic E-state index is 13.4. The lowest BCUT2D eigenvalue weighted by molar-refractivity contribution is -0.202. The topological polar surface area (TPSA) is 44.0 Å². The predicted molar refractivity (Wildman–Crippen MR) is 103 cm³/mol. The molecule has 3 aliphatic carbocycles. The average Bonchev–Trinajstić information content (AvgIpc) is 3.51. The molecule has 160 valence electrons. The molecule has 0 bridgehead atoms. The smallest absolute Gasteiger partial charge is 0.394 e. The molecule has 28 heavy (non-hydrogen) atoms. The number of nitrogens with zero attached hydrogens (tertiary/aromatic N) is 1. The lowest BCUT2D eigenvalue weighted by Gasteiger charge is -2.30. The summed E-state index contributed by atoms with van der Waals surface area (Å²) in [5.74, 6) is 0.967. The van der Waals surface area contributed by atoms with Gasteiger partial charge in [-0.1, -0.05) is 27.7 Å². The third-order valence-electron chi connectivity index (χ3n) is 9.16. The fourth-order valence-electron chi connectivity index (χ4n) is 6.39. The van der Waals surface area contributed by atoms with Gasteiger partial charge in [-0.05, 0) is 86.4 Å². The number of rotatable bonds is 8. The van der Waals surface area contributed by atoms with Gasteiger partial charge in [0.1, 0.15) is 0 Å². The molecule has 3 aliphatic rings. The van der Waals surface area contributed by atoms with Crippen molar-refractivity contribution in [2.24, 2.45) is 45.8 Å². The molecule has 3 fully saturated rings. The molecule has 0 aromatic heterocycles. The molecule has 3 saturated carbocycles. The first-order valence-electron chi connectivity index (χ1n) is 11.0. The van der Waals surface area contributed by atoms with Gasteiger partial charge in [0.2, 0.25) is 0 Å². The van der Waals surface area contributed by atoms with E-state index in [-0.39, 0.29) is 42.1 Å². The molecular weight excluding hydrogens is 363 g/mol. The maximum Gasteiger partial charge on any atom is 0.394 e. The molecule has 0 radical (unpaired) electrons. The van der Waals surface area contributed by atoms with Gasteiger partial charge in [-0.15, -0.1) is 0 Å². The number of halogens is 3. The minimum absolute atomic E-state index is 0.0743. The van der Waals surface area contributed by atoms with Gasteiger partial charge in [-0.2, -0.15) is 18.4 Å². The van der Waals surface area contributed by atoms with E-state index in [2.05, 4.69) is 26.8 Å². The first-order valence-corrected chi connectivity index (χ1v) is 11.0. The van der Waals surface area contributed by atoms with Crippen molar-refractivity contribution >= 4 is 0 Å². The molecule has 6 unspecified atom stereocenters. The Kier molecular flexibility index (Phi) is 5.63. The molecule has 0 aliphatic heterocycles. The van der Waals surface area contributed by atoms with E-state index < -0.39 is 11.6 Å². The molecule has 0 saturated heterocycles. The van der Waals surface area contributed by atoms with Crippen molar-refractivity contribution in [3.8, 4) is 6.07 Å². The van der Waals surface area contributed by atoms with Crippen molar-refractivity contribution in [2.75, 3.05) is 6.61 Å². The van der Waals surface area contributed by atoms with Crippen LogP contribution in [0.1, 0.15) is 79.1 Å². The third kappa shape index (κ3) is 3.48. The minimum Gasteiger partial charge on any atom is -0.396 e. The van der Waals surface area contributed by atoms with Gasteiger partial charge in [0.05, 0.1) is 16.9 Å². The second-order valence-corrected chi connectivity index (χ2v) is 10.8. The lowest BCUT2D eigenvalue weighted by Crippen LogP contribution is -2.32. The minimum atomic E-state index is -4.10. The lowest BCUT2D eigenvalue weighted by atomic mass is 9.74. The van der Waals surface area contributed by atoms with Crippen molar-refractivity contribution in [1.29, 1.82) is 5.26 Å². The van der Waals surface area contributed by atoms with Crippen molar-refractivity contribution in [3.05, 3.63) is 0 Å². The van der Waals surface area contributed by atoms with Crippen LogP contribution < -0.4 is 0 Å². The van der Waals surface area contributed by atoms with E-state index in [1.54, 1.807) is 6.92 Å². The number of hydrogen-bond donors (Lipinski definition) is 1. The Hall–Kier alpha value is -0.760. The van der Waals surface area contributed by atoms with Crippen LogP contribution in [0.4, 0.5) is 13.2 Å². The number of nitriles is 1. The molecule has 1 N–H and O–H groups in total. The number of aliphatic hydroxyl groups excluding tert-OH is 1. The van der Waals surface area contributed by atoms with Crippen LogP contribution in [-0.4, -0.2) is 17.9 Å². The Balaban J connectivity index is 1.58. The highest BCUT2D eigenvalue weighted by Gasteiger charge is 2.67. The standard InChI is InChI=1S/C23H36F3NO/c1-15(2)20(13-27)6-5-18(11-20)9-16(3)21(14-28)12-19(21)10-17(4)22(7-8-22)23(24,25)26/h15-19,28H,5-12,14H2,1-4H3. The number of aliphatic hydroxyl groups is 1. The van der Waals surface area contributed by atoms with Gasteiger partial charge in [0, 0.05) is 6.61 Å². The van der Waals surface area contributed by atoms with Gasteiger partial charge >= 0.3 is 6.18 Å². The highest BCUT2D eigenvalue weighted by Crippen LogP contribution is 2.68. The van der Waals surface area contributed by atoms with E-state index >= 15 is 0 Å². The summed E-state index contributed by atoms with van der Waals surface area (Å²) in [4.78, 5) is 0. The van der Waals surface area contributed by atoms with Gasteiger partial charge in [0.15, 0.2) is 0 Å². The summed E-state index contributed by atoms with van der Waals surface area (Å²) in [6.07, 6.45) is 1.74. The zero-order chi connectivity index (χ0) is 21.0. The predicted octanol–water partition coefficient (Wildman–Crippen LogP) is 6.35. The quantitative estimate of drug-likeness (QED) is 0.517. The maximum atomic E-state index is 13.4. The Morgan fingerprint density at radius 2 is 1.68 bits per heavy atom. The molecule has 2 nitrogen and oxygen atoms in total. The molecule has 6 atom stereocenters. The van der Waals surface area contributed by atoms with Crippen LogP contribution in [0.5, 0.6) is 0 Å². The molecule has 0 amide bonds. The normalized spacial score (nSPS) is 38.9. The summed E-state index contributed by atoms with van der Waals surface area (Å²) < 4.78 is 40.2. The van der Waals surface area contributed by atoms with Crippen molar-refractivity contribution in [2.45, 2.75) is 85.2 Å². The van der Waals surface area contributed by atoms with Crippen LogP contribution in [0.2, 0.25) is 0 Å². The van der Waals surface area contributed by atoms with E-state index in [1.807, 2.05) is 0 Å². The highest BCUT2D eigenvalue weighted by atomic mass is 19.4. The van der Waals surface area contributed by atoms with Gasteiger partial charge < -0.3 is 5.11 Å². The van der Waals surface area contributed by atoms with Crippen LogP contribution in [0.15, 0.2) is 0 Å². The third-order valence-corrected chi connectivity index (χ3v) is 9.16. The zero-order valence-corrected chi connectivity index (χ0v) is 17.8. The van der Waals surface area contributed by atoms with Crippen molar-refractivity contribution in [3.63, 3.8) is 0 Å². The Morgan fingerprint density at radius 3 is 2.11 bits per heavy atom. The second kappa shape index (κ2) is 7.18. The van der Waals surface area contributed by atoms with Crippen LogP contribution in [0, 0.1) is 57.2 Å². The monoisotopic (exact) mass is 399 g/mol. The summed E-state index contributed by atoms with van der Waals surface area (Å²) in [7, 11) is 0. The Labute approximate surface area is 167 Å². The Morgan fingerprint density at radius 1 is 1.04 bits per heavy atom. The van der Waals surface area contributed by atoms with Crippen LogP contribution in [0.3, 0.4) is 0 Å². The molecule has 3 rings (SSSR count). The fraction of sp³-hybridized carbons (Fsp3) is 0.957. The van der Waals surface area contributed by atoms with Crippen molar-refractivity contribution < 1.29 is 18.3 Å². The van der Waals surface area contributed by atoms with E-state index in [9.17, 15) is 23.5 Å². The largest absolute Gasteiger partial charge is 0.396 e. The fourth-order valence-corrected chi connectivity index (χ4v) is 6.39. The van der Waals surface area contributed by atoms with Gasteiger partial charge in [-0.25, -0.2) is 0 Å². The Bertz CT molecular complexity index is 620. The zero-order valence-electron chi connectivity index (χ0n) is 17.8. The molecule has 0 spiro atoms. The van der Waals surface area contributed by atoms with Crippen LogP contribution >= 0.6 is 0 Å². The van der Waals surface area contributed by atoms with Crippen molar-refractivity contribution in [1.82, 2.24) is 0 Å². The SMILES string of the molecule is CC(C)C1(C#N)CCC(CC(C)C2(CO)CC2CC(C)C2(C(F)(F)F)CC2)C1. The van der Waals surface area contributed by atoms with Gasteiger partial charge in [0.25, 0.3) is 0 Å². The molecule has 5 heteroatoms. The molecule has 0 aromatic carbocycles. The molecular formula is C23H36F3NO.